The molecule has 0 bridgehead atoms. The molecule has 34 heavy (non-hydrogen) atoms. The zero-order valence-corrected chi connectivity index (χ0v) is 18.6. The minimum absolute atomic E-state index is 0.0170. The molecule has 0 radical (unpaired) electrons. The van der Waals surface area contributed by atoms with E-state index in [1.54, 1.807) is 19.2 Å². The van der Waals surface area contributed by atoms with Crippen molar-refractivity contribution in [3.8, 4) is 11.5 Å². The van der Waals surface area contributed by atoms with E-state index in [2.05, 4.69) is 30.7 Å². The lowest BCUT2D eigenvalue weighted by Gasteiger charge is -2.28. The lowest BCUT2D eigenvalue weighted by atomic mass is 10.2. The maximum atomic E-state index is 12.8. The molecule has 0 atom stereocenters. The van der Waals surface area contributed by atoms with Gasteiger partial charge < -0.3 is 25.0 Å². The Morgan fingerprint density at radius 1 is 1.26 bits per heavy atom. The van der Waals surface area contributed by atoms with Crippen LogP contribution in [0.2, 0.25) is 0 Å². The molecule has 13 heteroatoms. The van der Waals surface area contributed by atoms with Gasteiger partial charge in [-0.15, -0.1) is 18.3 Å². The van der Waals surface area contributed by atoms with E-state index in [1.165, 1.54) is 23.9 Å². The van der Waals surface area contributed by atoms with Crippen molar-refractivity contribution in [3.63, 3.8) is 0 Å². The second kappa shape index (κ2) is 9.08. The van der Waals surface area contributed by atoms with Gasteiger partial charge in [0, 0.05) is 24.7 Å². The molecule has 1 aliphatic rings. The van der Waals surface area contributed by atoms with Crippen LogP contribution in [-0.2, 0) is 17.9 Å². The number of amides is 1. The minimum atomic E-state index is -4.84. The molecule has 0 spiro atoms. The molecule has 2 aromatic heterocycles. The predicted molar refractivity (Wildman–Crippen MR) is 117 cm³/mol. The topological polar surface area (TPSA) is 106 Å². The molecule has 0 saturated carbocycles. The van der Waals surface area contributed by atoms with Crippen molar-refractivity contribution in [1.82, 2.24) is 20.0 Å². The second-order valence-corrected chi connectivity index (χ2v) is 7.67. The molecular formula is C21H22F3N7O3. The van der Waals surface area contributed by atoms with Gasteiger partial charge in [-0.2, -0.15) is 0 Å². The first kappa shape index (κ1) is 23.1. The smallest absolute Gasteiger partial charge is 0.497 e. The Hall–Kier alpha value is -4.03. The number of aromatic nitrogens is 4. The van der Waals surface area contributed by atoms with E-state index in [9.17, 15) is 18.0 Å². The standard InChI is InChI=1S/C21H22F3N7O3/c1-12-20-16(30(2)11-19(32)27-20)7-18(26-12)25-8-14-10-31(29-28-14)9-13-4-5-15(33-3)6-17(13)34-21(22,23)24/h4-7,10H,8-9,11H2,1-3H3,(H,25,26)(H,27,32). The molecule has 0 saturated heterocycles. The number of likely N-dealkylation sites (N-methyl/N-ethyl adjacent to an activating group) is 1. The number of hydrogen-bond donors (Lipinski definition) is 2. The molecule has 0 unspecified atom stereocenters. The van der Waals surface area contributed by atoms with E-state index >= 15 is 0 Å². The number of pyridine rings is 1. The molecule has 1 aliphatic heterocycles. The van der Waals surface area contributed by atoms with Gasteiger partial charge in [0.25, 0.3) is 0 Å². The summed E-state index contributed by atoms with van der Waals surface area (Å²) in [5, 5.41) is 14.1. The van der Waals surface area contributed by atoms with Crippen molar-refractivity contribution in [2.75, 3.05) is 36.2 Å². The fraction of sp³-hybridized carbons (Fsp3) is 0.333. The van der Waals surface area contributed by atoms with Crippen LogP contribution in [0.15, 0.2) is 30.5 Å². The molecule has 2 N–H and O–H groups in total. The molecule has 3 aromatic rings. The van der Waals surface area contributed by atoms with E-state index in [1.807, 2.05) is 18.0 Å². The van der Waals surface area contributed by atoms with Gasteiger partial charge in [0.05, 0.1) is 50.0 Å². The van der Waals surface area contributed by atoms with Gasteiger partial charge in [0.1, 0.15) is 23.0 Å². The predicted octanol–water partition coefficient (Wildman–Crippen LogP) is 2.94. The molecular weight excluding hydrogens is 455 g/mol. The first-order valence-electron chi connectivity index (χ1n) is 10.2. The summed E-state index contributed by atoms with van der Waals surface area (Å²) >= 11 is 0. The molecule has 1 amide bonds. The number of fused-ring (bicyclic) bond motifs is 1. The number of hydrogen-bond acceptors (Lipinski definition) is 8. The van der Waals surface area contributed by atoms with Crippen LogP contribution < -0.4 is 25.0 Å². The zero-order chi connectivity index (χ0) is 24.5. The highest BCUT2D eigenvalue weighted by Crippen LogP contribution is 2.33. The third kappa shape index (κ3) is 5.30. The molecule has 0 fully saturated rings. The minimum Gasteiger partial charge on any atom is -0.497 e. The third-order valence-electron chi connectivity index (χ3n) is 5.11. The quantitative estimate of drug-likeness (QED) is 0.535. The molecule has 10 nitrogen and oxygen atoms in total. The number of benzene rings is 1. The molecule has 180 valence electrons. The van der Waals surface area contributed by atoms with Gasteiger partial charge in [-0.05, 0) is 19.1 Å². The summed E-state index contributed by atoms with van der Waals surface area (Å²) in [4.78, 5) is 18.1. The molecule has 3 heterocycles. The van der Waals surface area contributed by atoms with Crippen molar-refractivity contribution in [3.05, 3.63) is 47.4 Å². The van der Waals surface area contributed by atoms with Crippen LogP contribution >= 0.6 is 0 Å². The number of rotatable bonds is 7. The van der Waals surface area contributed by atoms with Crippen molar-refractivity contribution >= 4 is 23.1 Å². The number of ether oxygens (including phenoxy) is 2. The summed E-state index contributed by atoms with van der Waals surface area (Å²) in [7, 11) is 3.18. The lowest BCUT2D eigenvalue weighted by molar-refractivity contribution is -0.274. The highest BCUT2D eigenvalue weighted by Gasteiger charge is 2.32. The van der Waals surface area contributed by atoms with E-state index < -0.39 is 6.36 Å². The van der Waals surface area contributed by atoms with Crippen LogP contribution in [0.4, 0.5) is 30.4 Å². The molecule has 0 aliphatic carbocycles. The Labute approximate surface area is 192 Å². The van der Waals surface area contributed by atoms with Crippen LogP contribution in [0.3, 0.4) is 0 Å². The summed E-state index contributed by atoms with van der Waals surface area (Å²) in [6.45, 7) is 2.35. The number of halogens is 3. The van der Waals surface area contributed by atoms with Gasteiger partial charge in [-0.1, -0.05) is 5.21 Å². The summed E-state index contributed by atoms with van der Waals surface area (Å²) in [5.41, 5.74) is 3.01. The second-order valence-electron chi connectivity index (χ2n) is 7.67. The monoisotopic (exact) mass is 477 g/mol. The number of aryl methyl sites for hydroxylation is 1. The summed E-state index contributed by atoms with van der Waals surface area (Å²) in [6, 6.07) is 6.02. The fourth-order valence-corrected chi connectivity index (χ4v) is 3.55. The van der Waals surface area contributed by atoms with Gasteiger partial charge in [-0.3, -0.25) is 4.79 Å². The number of methoxy groups -OCH3 is 1. The summed E-state index contributed by atoms with van der Waals surface area (Å²) in [5.74, 6) is 0.360. The van der Waals surface area contributed by atoms with Crippen molar-refractivity contribution in [1.29, 1.82) is 0 Å². The molecule has 1 aromatic carbocycles. The van der Waals surface area contributed by atoms with E-state index in [0.717, 1.165) is 5.69 Å². The van der Waals surface area contributed by atoms with Gasteiger partial charge in [0.2, 0.25) is 5.91 Å². The zero-order valence-electron chi connectivity index (χ0n) is 18.6. The Kier molecular flexibility index (Phi) is 6.18. The van der Waals surface area contributed by atoms with Crippen LogP contribution in [0.25, 0.3) is 0 Å². The number of alkyl halides is 3. The number of carbonyl (C=O) groups is 1. The molecule has 4 rings (SSSR count). The van der Waals surface area contributed by atoms with Crippen LogP contribution in [-0.4, -0.2) is 52.9 Å². The summed E-state index contributed by atoms with van der Waals surface area (Å²) < 4.78 is 48.9. The average molecular weight is 477 g/mol. The van der Waals surface area contributed by atoms with Crippen LogP contribution in [0.5, 0.6) is 11.5 Å². The highest BCUT2D eigenvalue weighted by atomic mass is 19.4. The van der Waals surface area contributed by atoms with Gasteiger partial charge >= 0.3 is 6.36 Å². The maximum Gasteiger partial charge on any atom is 0.573 e. The normalized spacial score (nSPS) is 13.4. The van der Waals surface area contributed by atoms with Crippen molar-refractivity contribution in [2.24, 2.45) is 0 Å². The number of nitrogens with zero attached hydrogens (tertiary/aromatic N) is 5. The van der Waals surface area contributed by atoms with E-state index in [-0.39, 0.29) is 42.6 Å². The van der Waals surface area contributed by atoms with E-state index in [4.69, 9.17) is 4.74 Å². The lowest BCUT2D eigenvalue weighted by Crippen LogP contribution is -2.36. The average Bonchev–Trinajstić information content (AvgIpc) is 3.20. The van der Waals surface area contributed by atoms with Crippen LogP contribution in [0.1, 0.15) is 17.0 Å². The van der Waals surface area contributed by atoms with E-state index in [0.29, 0.717) is 22.9 Å². The SMILES string of the molecule is COc1ccc(Cn2cc(CNc3cc4c(c(C)n3)NC(=O)CN4C)nn2)c(OC(F)(F)F)c1. The summed E-state index contributed by atoms with van der Waals surface area (Å²) in [6.07, 6.45) is -3.22. The van der Waals surface area contributed by atoms with Crippen molar-refractivity contribution < 1.29 is 27.4 Å². The number of carbonyl (C=O) groups excluding carboxylic acids is 1. The Balaban J connectivity index is 1.46. The fourth-order valence-electron chi connectivity index (χ4n) is 3.55. The Morgan fingerprint density at radius 2 is 2.06 bits per heavy atom. The third-order valence-corrected chi connectivity index (χ3v) is 5.11. The first-order valence-corrected chi connectivity index (χ1v) is 10.2. The maximum absolute atomic E-state index is 12.8. The first-order chi connectivity index (χ1) is 16.1. The van der Waals surface area contributed by atoms with Crippen molar-refractivity contribution in [2.45, 2.75) is 26.4 Å². The Bertz CT molecular complexity index is 1210. The number of nitrogens with one attached hydrogen (secondary N) is 2. The Morgan fingerprint density at radius 3 is 2.79 bits per heavy atom. The largest absolute Gasteiger partial charge is 0.573 e. The van der Waals surface area contributed by atoms with Gasteiger partial charge in [-0.25, -0.2) is 9.67 Å². The highest BCUT2D eigenvalue weighted by molar-refractivity contribution is 6.02. The van der Waals surface area contributed by atoms with Gasteiger partial charge in [0.15, 0.2) is 0 Å². The number of anilines is 3. The van der Waals surface area contributed by atoms with Crippen LogP contribution in [0, 0.1) is 6.92 Å².